The molecular formula is C18H17N3O4S. The Labute approximate surface area is 154 Å². The maximum atomic E-state index is 12.3. The van der Waals surface area contributed by atoms with Crippen molar-refractivity contribution in [1.29, 1.82) is 0 Å². The molecule has 0 saturated heterocycles. The number of fused-ring (bicyclic) bond motifs is 2. The van der Waals surface area contributed by atoms with Crippen molar-refractivity contribution >= 4 is 34.2 Å². The highest BCUT2D eigenvalue weighted by atomic mass is 32.1. The second-order valence-electron chi connectivity index (χ2n) is 6.15. The number of benzene rings is 1. The average Bonchev–Trinajstić information content (AvgIpc) is 3.15. The summed E-state index contributed by atoms with van der Waals surface area (Å²) in [6, 6.07) is 6.77. The quantitative estimate of drug-likeness (QED) is 0.814. The number of amides is 3. The fraction of sp³-hybridized carbons (Fsp3) is 0.333. The molecule has 134 valence electrons. The molecule has 2 aliphatic rings. The first kappa shape index (κ1) is 16.9. The van der Waals surface area contributed by atoms with E-state index in [1.165, 1.54) is 16.2 Å². The van der Waals surface area contributed by atoms with Gasteiger partial charge in [-0.1, -0.05) is 23.5 Å². The monoisotopic (exact) mass is 371 g/mol. The van der Waals surface area contributed by atoms with E-state index in [0.717, 1.165) is 17.0 Å². The fourth-order valence-electron chi connectivity index (χ4n) is 3.10. The van der Waals surface area contributed by atoms with E-state index >= 15 is 0 Å². The molecule has 7 nitrogen and oxygen atoms in total. The van der Waals surface area contributed by atoms with Crippen molar-refractivity contribution in [2.75, 3.05) is 18.5 Å². The van der Waals surface area contributed by atoms with Gasteiger partial charge in [-0.25, -0.2) is 4.98 Å². The summed E-state index contributed by atoms with van der Waals surface area (Å²) in [6.45, 7) is 1.43. The van der Waals surface area contributed by atoms with Gasteiger partial charge in [-0.15, -0.1) is 0 Å². The van der Waals surface area contributed by atoms with Crippen LogP contribution in [0.2, 0.25) is 0 Å². The molecular weight excluding hydrogens is 354 g/mol. The van der Waals surface area contributed by atoms with E-state index in [1.54, 1.807) is 24.3 Å². The molecule has 1 aromatic heterocycles. The highest BCUT2D eigenvalue weighted by Crippen LogP contribution is 2.27. The van der Waals surface area contributed by atoms with Crippen molar-refractivity contribution in [2.45, 2.75) is 25.9 Å². The van der Waals surface area contributed by atoms with E-state index in [4.69, 9.17) is 4.74 Å². The molecule has 2 aliphatic heterocycles. The third-order valence-corrected chi connectivity index (χ3v) is 5.39. The first-order chi connectivity index (χ1) is 12.6. The Morgan fingerprint density at radius 2 is 1.96 bits per heavy atom. The van der Waals surface area contributed by atoms with E-state index in [-0.39, 0.29) is 30.7 Å². The molecule has 4 rings (SSSR count). The number of carbonyl (C=O) groups excluding carboxylic acids is 3. The first-order valence-electron chi connectivity index (χ1n) is 8.45. The average molecular weight is 371 g/mol. The zero-order valence-electron chi connectivity index (χ0n) is 14.0. The van der Waals surface area contributed by atoms with Gasteiger partial charge in [-0.3, -0.25) is 19.3 Å². The standard InChI is InChI=1S/C18H17N3O4S/c22-15(20-18-19-13-7-9-25-10-14(13)26-18)6-3-8-21-16(23)11-4-1-2-5-12(11)17(21)24/h1-2,4-5H,3,6-10H2,(H,19,20,22). The van der Waals surface area contributed by atoms with Gasteiger partial charge in [0.15, 0.2) is 5.13 Å². The van der Waals surface area contributed by atoms with Crippen LogP contribution in [0.4, 0.5) is 5.13 Å². The van der Waals surface area contributed by atoms with Crippen molar-refractivity contribution in [3.8, 4) is 0 Å². The van der Waals surface area contributed by atoms with Gasteiger partial charge < -0.3 is 10.1 Å². The number of imide groups is 1. The molecule has 8 heteroatoms. The van der Waals surface area contributed by atoms with Gasteiger partial charge in [0.05, 0.1) is 34.9 Å². The normalized spacial score (nSPS) is 15.8. The number of thiazole rings is 1. The van der Waals surface area contributed by atoms with Gasteiger partial charge in [-0.05, 0) is 18.6 Å². The number of rotatable bonds is 5. The molecule has 26 heavy (non-hydrogen) atoms. The third-order valence-electron chi connectivity index (χ3n) is 4.40. The second kappa shape index (κ2) is 6.97. The number of aromatic nitrogens is 1. The zero-order chi connectivity index (χ0) is 18.1. The summed E-state index contributed by atoms with van der Waals surface area (Å²) in [5, 5.41) is 3.36. The molecule has 0 spiro atoms. The lowest BCUT2D eigenvalue weighted by molar-refractivity contribution is -0.116. The Balaban J connectivity index is 1.30. The summed E-state index contributed by atoms with van der Waals surface area (Å²) in [6.07, 6.45) is 1.39. The molecule has 0 atom stereocenters. The van der Waals surface area contributed by atoms with E-state index in [9.17, 15) is 14.4 Å². The number of nitrogens with one attached hydrogen (secondary N) is 1. The van der Waals surface area contributed by atoms with Crippen LogP contribution in [0.1, 0.15) is 44.1 Å². The fourth-order valence-corrected chi connectivity index (χ4v) is 4.06. The van der Waals surface area contributed by atoms with Crippen LogP contribution in [0.25, 0.3) is 0 Å². The van der Waals surface area contributed by atoms with Crippen molar-refractivity contribution in [1.82, 2.24) is 9.88 Å². The maximum Gasteiger partial charge on any atom is 0.261 e. The van der Waals surface area contributed by atoms with Crippen molar-refractivity contribution in [2.24, 2.45) is 0 Å². The summed E-state index contributed by atoms with van der Waals surface area (Å²) in [5.41, 5.74) is 1.85. The van der Waals surface area contributed by atoms with Gasteiger partial charge in [0.25, 0.3) is 11.8 Å². The summed E-state index contributed by atoms with van der Waals surface area (Å²) >= 11 is 1.43. The predicted octanol–water partition coefficient (Wildman–Crippen LogP) is 2.23. The van der Waals surface area contributed by atoms with Gasteiger partial charge >= 0.3 is 0 Å². The highest BCUT2D eigenvalue weighted by molar-refractivity contribution is 7.15. The molecule has 0 aliphatic carbocycles. The lowest BCUT2D eigenvalue weighted by atomic mass is 10.1. The van der Waals surface area contributed by atoms with Crippen LogP contribution in [0, 0.1) is 0 Å². The lowest BCUT2D eigenvalue weighted by Crippen LogP contribution is -2.31. The Bertz CT molecular complexity index is 834. The predicted molar refractivity (Wildman–Crippen MR) is 95.1 cm³/mol. The lowest BCUT2D eigenvalue weighted by Gasteiger charge is -2.13. The number of ether oxygens (including phenoxy) is 1. The van der Waals surface area contributed by atoms with Crippen molar-refractivity contribution in [3.63, 3.8) is 0 Å². The SMILES string of the molecule is O=C(CCCN1C(=O)c2ccccc2C1=O)Nc1nc2c(s1)COCC2. The summed E-state index contributed by atoms with van der Waals surface area (Å²) in [5.74, 6) is -0.758. The Hall–Kier alpha value is -2.58. The zero-order valence-corrected chi connectivity index (χ0v) is 14.8. The number of anilines is 1. The van der Waals surface area contributed by atoms with E-state index in [2.05, 4.69) is 10.3 Å². The van der Waals surface area contributed by atoms with Crippen LogP contribution < -0.4 is 5.32 Å². The molecule has 1 N–H and O–H groups in total. The van der Waals surface area contributed by atoms with Gasteiger partial charge in [-0.2, -0.15) is 0 Å². The Morgan fingerprint density at radius 3 is 2.65 bits per heavy atom. The van der Waals surface area contributed by atoms with Crippen LogP contribution >= 0.6 is 11.3 Å². The van der Waals surface area contributed by atoms with Gasteiger partial charge in [0.1, 0.15) is 0 Å². The molecule has 0 bridgehead atoms. The first-order valence-corrected chi connectivity index (χ1v) is 9.26. The van der Waals surface area contributed by atoms with Crippen molar-refractivity contribution < 1.29 is 19.1 Å². The third kappa shape index (κ3) is 3.13. The molecule has 0 saturated carbocycles. The molecule has 2 aromatic rings. The number of hydrogen-bond acceptors (Lipinski definition) is 6. The summed E-state index contributed by atoms with van der Waals surface area (Å²) in [4.78, 5) is 43.3. The minimum absolute atomic E-state index is 0.173. The van der Waals surface area contributed by atoms with E-state index in [0.29, 0.717) is 35.9 Å². The second-order valence-corrected chi connectivity index (χ2v) is 7.23. The number of hydrogen-bond donors (Lipinski definition) is 1. The number of nitrogens with zero attached hydrogens (tertiary/aromatic N) is 2. The van der Waals surface area contributed by atoms with Crippen LogP contribution in [0.3, 0.4) is 0 Å². The van der Waals surface area contributed by atoms with Gasteiger partial charge in [0.2, 0.25) is 5.91 Å². The minimum Gasteiger partial charge on any atom is -0.375 e. The topological polar surface area (TPSA) is 88.6 Å². The molecule has 1 aromatic carbocycles. The molecule has 3 heterocycles. The van der Waals surface area contributed by atoms with E-state index in [1.807, 2.05) is 0 Å². The Kier molecular flexibility index (Phi) is 4.52. The van der Waals surface area contributed by atoms with Gasteiger partial charge in [0, 0.05) is 19.4 Å². The molecule has 0 fully saturated rings. The van der Waals surface area contributed by atoms with Crippen molar-refractivity contribution in [3.05, 3.63) is 46.0 Å². The van der Waals surface area contributed by atoms with Crippen LogP contribution in [0.15, 0.2) is 24.3 Å². The minimum atomic E-state index is -0.293. The highest BCUT2D eigenvalue weighted by Gasteiger charge is 2.34. The maximum absolute atomic E-state index is 12.3. The largest absolute Gasteiger partial charge is 0.375 e. The summed E-state index contributed by atoms with van der Waals surface area (Å²) in [7, 11) is 0. The summed E-state index contributed by atoms with van der Waals surface area (Å²) < 4.78 is 5.37. The van der Waals surface area contributed by atoms with Crippen LogP contribution in [0.5, 0.6) is 0 Å². The molecule has 0 radical (unpaired) electrons. The van der Waals surface area contributed by atoms with Crippen LogP contribution in [-0.2, 0) is 22.6 Å². The van der Waals surface area contributed by atoms with E-state index < -0.39 is 0 Å². The molecule has 3 amide bonds. The molecule has 0 unspecified atom stereocenters. The smallest absolute Gasteiger partial charge is 0.261 e. The Morgan fingerprint density at radius 1 is 1.23 bits per heavy atom. The number of carbonyl (C=O) groups is 3. The van der Waals surface area contributed by atoms with Crippen LogP contribution in [-0.4, -0.2) is 40.8 Å².